The van der Waals surface area contributed by atoms with Crippen molar-refractivity contribution in [3.05, 3.63) is 12.0 Å². The average Bonchev–Trinajstić information content (AvgIpc) is 1.67. The summed E-state index contributed by atoms with van der Waals surface area (Å²) in [6, 6.07) is 0. The Morgan fingerprint density at radius 3 is 2.38 bits per heavy atom. The van der Waals surface area contributed by atoms with Crippen molar-refractivity contribution in [1.82, 2.24) is 5.32 Å². The molecule has 46 valence electrons. The fraction of sp³-hybridized carbons (Fsp3) is 0.400. The van der Waals surface area contributed by atoms with Crippen LogP contribution in [0.5, 0.6) is 0 Å². The maximum absolute atomic E-state index is 10.2. The molecule has 2 N–H and O–H groups in total. The first kappa shape index (κ1) is 7.01. The molecule has 0 amide bonds. The van der Waals surface area contributed by atoms with Gasteiger partial charge in [0.15, 0.2) is 11.5 Å². The summed E-state index contributed by atoms with van der Waals surface area (Å²) < 4.78 is 0. The van der Waals surface area contributed by atoms with E-state index in [9.17, 15) is 4.79 Å². The van der Waals surface area contributed by atoms with Crippen LogP contribution in [0, 0.1) is 0 Å². The van der Waals surface area contributed by atoms with E-state index in [0.717, 1.165) is 0 Å². The third-order valence-electron chi connectivity index (χ3n) is 0.642. The molecule has 0 fully saturated rings. The van der Waals surface area contributed by atoms with Gasteiger partial charge < -0.3 is 10.4 Å². The van der Waals surface area contributed by atoms with E-state index in [1.807, 2.05) is 0 Å². The molecule has 0 rings (SSSR count). The zero-order chi connectivity index (χ0) is 6.57. The molecule has 0 atom stereocenters. The highest BCUT2D eigenvalue weighted by Crippen LogP contribution is 1.84. The van der Waals surface area contributed by atoms with Crippen LogP contribution in [0.1, 0.15) is 6.92 Å². The Morgan fingerprint density at radius 2 is 2.25 bits per heavy atom. The lowest BCUT2D eigenvalue weighted by Crippen LogP contribution is -2.01. The summed E-state index contributed by atoms with van der Waals surface area (Å²) >= 11 is 0. The summed E-state index contributed by atoms with van der Waals surface area (Å²) in [7, 11) is 1.61. The first-order valence-electron chi connectivity index (χ1n) is 2.26. The van der Waals surface area contributed by atoms with Crippen molar-refractivity contribution in [2.45, 2.75) is 6.92 Å². The van der Waals surface area contributed by atoms with Crippen molar-refractivity contribution in [1.29, 1.82) is 0 Å². The van der Waals surface area contributed by atoms with Gasteiger partial charge in [0.25, 0.3) is 0 Å². The third kappa shape index (κ3) is 2.23. The number of aliphatic hydroxyl groups excluding tert-OH is 1. The van der Waals surface area contributed by atoms with Gasteiger partial charge >= 0.3 is 0 Å². The van der Waals surface area contributed by atoms with Crippen molar-refractivity contribution in [2.24, 2.45) is 0 Å². The first-order valence-corrected chi connectivity index (χ1v) is 2.26. The second-order valence-corrected chi connectivity index (χ2v) is 1.37. The lowest BCUT2D eigenvalue weighted by Gasteiger charge is -1.89. The predicted octanol–water partition coefficient (Wildman–Crippen LogP) is 0.194. The molecule has 0 aliphatic heterocycles. The third-order valence-corrected chi connectivity index (χ3v) is 0.642. The van der Waals surface area contributed by atoms with E-state index in [4.69, 9.17) is 5.11 Å². The largest absolute Gasteiger partial charge is 0.503 e. The SMILES string of the molecule is CNC=C(O)C(C)=O. The smallest absolute Gasteiger partial charge is 0.195 e. The van der Waals surface area contributed by atoms with Crippen LogP contribution in [0.15, 0.2) is 12.0 Å². The predicted molar refractivity (Wildman–Crippen MR) is 30.5 cm³/mol. The molecule has 0 spiro atoms. The molecule has 0 radical (unpaired) electrons. The van der Waals surface area contributed by atoms with Gasteiger partial charge in [-0.25, -0.2) is 0 Å². The van der Waals surface area contributed by atoms with Crippen molar-refractivity contribution < 1.29 is 9.90 Å². The topological polar surface area (TPSA) is 49.3 Å². The maximum atomic E-state index is 10.2. The molecule has 0 unspecified atom stereocenters. The summed E-state index contributed by atoms with van der Waals surface area (Å²) in [6.07, 6.45) is 1.24. The van der Waals surface area contributed by atoms with Gasteiger partial charge in [-0.15, -0.1) is 0 Å². The number of rotatable bonds is 2. The number of ketones is 1. The number of hydrogen-bond acceptors (Lipinski definition) is 3. The molecule has 0 saturated heterocycles. The van der Waals surface area contributed by atoms with Crippen LogP contribution >= 0.6 is 0 Å². The zero-order valence-electron chi connectivity index (χ0n) is 4.93. The van der Waals surface area contributed by atoms with Gasteiger partial charge in [0.2, 0.25) is 0 Å². The summed E-state index contributed by atoms with van der Waals surface area (Å²) in [5.41, 5.74) is 0. The van der Waals surface area contributed by atoms with Gasteiger partial charge in [-0.05, 0) is 0 Å². The van der Waals surface area contributed by atoms with E-state index in [-0.39, 0.29) is 11.5 Å². The molecule has 8 heavy (non-hydrogen) atoms. The van der Waals surface area contributed by atoms with E-state index in [1.54, 1.807) is 7.05 Å². The molecule has 3 nitrogen and oxygen atoms in total. The quantitative estimate of drug-likeness (QED) is 0.399. The van der Waals surface area contributed by atoms with E-state index in [1.165, 1.54) is 13.1 Å². The summed E-state index contributed by atoms with van der Waals surface area (Å²) in [4.78, 5) is 10.2. The maximum Gasteiger partial charge on any atom is 0.195 e. The van der Waals surface area contributed by atoms with Gasteiger partial charge in [0, 0.05) is 20.2 Å². The summed E-state index contributed by atoms with van der Waals surface area (Å²) in [6.45, 7) is 1.29. The van der Waals surface area contributed by atoms with E-state index < -0.39 is 0 Å². The fourth-order valence-electron chi connectivity index (χ4n) is 0.238. The molecule has 0 saturated carbocycles. The molecule has 0 aliphatic carbocycles. The zero-order valence-corrected chi connectivity index (χ0v) is 4.93. The van der Waals surface area contributed by atoms with Crippen LogP contribution in [0.25, 0.3) is 0 Å². The van der Waals surface area contributed by atoms with Crippen LogP contribution in [0.4, 0.5) is 0 Å². The molecule has 0 heterocycles. The number of Topliss-reactive ketones (excluding diaryl/α,β-unsaturated/α-hetero) is 1. The Labute approximate surface area is 48.0 Å². The molecule has 0 aliphatic rings. The number of carbonyl (C=O) groups excluding carboxylic acids is 1. The molecule has 3 heteroatoms. The second kappa shape index (κ2) is 3.07. The summed E-state index contributed by atoms with van der Waals surface area (Å²) in [5, 5.41) is 11.1. The lowest BCUT2D eigenvalue weighted by atomic mass is 10.4. The number of aliphatic hydroxyl groups is 1. The Morgan fingerprint density at radius 1 is 1.75 bits per heavy atom. The Balaban J connectivity index is 3.80. The van der Waals surface area contributed by atoms with Gasteiger partial charge in [0.05, 0.1) is 0 Å². The van der Waals surface area contributed by atoms with Crippen LogP contribution in [-0.4, -0.2) is 17.9 Å². The van der Waals surface area contributed by atoms with Crippen LogP contribution in [0.2, 0.25) is 0 Å². The second-order valence-electron chi connectivity index (χ2n) is 1.37. The number of nitrogens with one attached hydrogen (secondary N) is 1. The van der Waals surface area contributed by atoms with Gasteiger partial charge in [0.1, 0.15) is 0 Å². The van der Waals surface area contributed by atoms with E-state index >= 15 is 0 Å². The minimum atomic E-state index is -0.334. The molecule has 0 bridgehead atoms. The average molecular weight is 115 g/mol. The standard InChI is InChI=1S/C5H9NO2/c1-4(7)5(8)3-6-2/h3,6,8H,1-2H3. The Bertz CT molecular complexity index is 118. The fourth-order valence-corrected chi connectivity index (χ4v) is 0.238. The molecule has 0 aromatic rings. The Kier molecular flexibility index (Phi) is 2.69. The molecule has 0 aromatic heterocycles. The van der Waals surface area contributed by atoms with Crippen molar-refractivity contribution >= 4 is 5.78 Å². The molecular weight excluding hydrogens is 106 g/mol. The molecule has 0 aromatic carbocycles. The minimum Gasteiger partial charge on any atom is -0.503 e. The number of carbonyl (C=O) groups is 1. The van der Waals surface area contributed by atoms with Crippen LogP contribution in [-0.2, 0) is 4.79 Å². The normalized spacial score (nSPS) is 11.0. The van der Waals surface area contributed by atoms with E-state index in [0.29, 0.717) is 0 Å². The van der Waals surface area contributed by atoms with Crippen LogP contribution < -0.4 is 5.32 Å². The minimum absolute atomic E-state index is 0.243. The highest BCUT2D eigenvalue weighted by atomic mass is 16.3. The highest BCUT2D eigenvalue weighted by molar-refractivity contribution is 5.90. The van der Waals surface area contributed by atoms with E-state index in [2.05, 4.69) is 5.32 Å². The highest BCUT2D eigenvalue weighted by Gasteiger charge is 1.95. The van der Waals surface area contributed by atoms with Crippen molar-refractivity contribution in [3.8, 4) is 0 Å². The lowest BCUT2D eigenvalue weighted by molar-refractivity contribution is -0.115. The van der Waals surface area contributed by atoms with Gasteiger partial charge in [-0.2, -0.15) is 0 Å². The Hall–Kier alpha value is -0.990. The first-order chi connectivity index (χ1) is 3.68. The molecular formula is C5H9NO2. The van der Waals surface area contributed by atoms with Crippen LogP contribution in [0.3, 0.4) is 0 Å². The van der Waals surface area contributed by atoms with Crippen molar-refractivity contribution in [2.75, 3.05) is 7.05 Å². The number of allylic oxidation sites excluding steroid dienone is 1. The monoisotopic (exact) mass is 115 g/mol. The van der Waals surface area contributed by atoms with Gasteiger partial charge in [-0.1, -0.05) is 0 Å². The summed E-state index contributed by atoms with van der Waals surface area (Å²) in [5.74, 6) is -0.577. The van der Waals surface area contributed by atoms with Gasteiger partial charge in [-0.3, -0.25) is 4.79 Å². The van der Waals surface area contributed by atoms with Crippen molar-refractivity contribution in [3.63, 3.8) is 0 Å². The number of hydrogen-bond donors (Lipinski definition) is 2.